The zero-order valence-corrected chi connectivity index (χ0v) is 14.2. The van der Waals surface area contributed by atoms with E-state index in [1.807, 2.05) is 0 Å². The Morgan fingerprint density at radius 3 is 2.44 bits per heavy atom. The first-order valence-electron chi connectivity index (χ1n) is 7.34. The van der Waals surface area contributed by atoms with Crippen LogP contribution in [0.1, 0.15) is 29.0 Å². The number of hydrogen-bond acceptors (Lipinski definition) is 4. The monoisotopic (exact) mass is 369 g/mol. The fourth-order valence-corrected chi connectivity index (χ4v) is 3.45. The summed E-state index contributed by atoms with van der Waals surface area (Å²) in [6, 6.07) is 4.51. The van der Waals surface area contributed by atoms with E-state index >= 15 is 0 Å². The maximum Gasteiger partial charge on any atom is 0.416 e. The average Bonchev–Trinajstić information content (AvgIpc) is 2.56. The van der Waals surface area contributed by atoms with Crippen molar-refractivity contribution in [3.63, 3.8) is 0 Å². The van der Waals surface area contributed by atoms with E-state index < -0.39 is 23.2 Å². The maximum atomic E-state index is 12.7. The summed E-state index contributed by atoms with van der Waals surface area (Å²) in [4.78, 5) is 28.5. The molecule has 0 saturated carbocycles. The molecule has 0 aliphatic carbocycles. The highest BCUT2D eigenvalue weighted by atomic mass is 32.2. The third-order valence-corrected chi connectivity index (χ3v) is 4.85. The summed E-state index contributed by atoms with van der Waals surface area (Å²) in [6.45, 7) is 0. The van der Waals surface area contributed by atoms with Crippen LogP contribution in [0.4, 0.5) is 19.0 Å². The number of rotatable bonds is 2. The summed E-state index contributed by atoms with van der Waals surface area (Å²) in [5.41, 5.74) is -0.498. The minimum Gasteiger partial charge on any atom is -0.312 e. The molecule has 0 fully saturated rings. The zero-order valence-electron chi connectivity index (χ0n) is 13.3. The number of alkyl halides is 3. The Bertz CT molecular complexity index is 891. The lowest BCUT2D eigenvalue weighted by atomic mass is 9.86. The number of fused-ring (bicyclic) bond motifs is 1. The molecule has 0 spiro atoms. The van der Waals surface area contributed by atoms with E-state index in [1.165, 1.54) is 23.9 Å². The Kier molecular flexibility index (Phi) is 4.36. The van der Waals surface area contributed by atoms with Gasteiger partial charge in [-0.2, -0.15) is 18.2 Å². The van der Waals surface area contributed by atoms with Crippen molar-refractivity contribution in [3.05, 3.63) is 51.3 Å². The summed E-state index contributed by atoms with van der Waals surface area (Å²) in [5.74, 6) is -0.593. The van der Waals surface area contributed by atoms with Gasteiger partial charge in [0.25, 0.3) is 5.56 Å². The third kappa shape index (κ3) is 3.15. The fraction of sp³-hybridized carbons (Fsp3) is 0.312. The van der Waals surface area contributed by atoms with Crippen LogP contribution in [0.25, 0.3) is 0 Å². The Hall–Kier alpha value is -2.29. The Balaban J connectivity index is 2.13. The van der Waals surface area contributed by atoms with Gasteiger partial charge in [0.1, 0.15) is 5.82 Å². The summed E-state index contributed by atoms with van der Waals surface area (Å²) in [5, 5.41) is 3.11. The van der Waals surface area contributed by atoms with E-state index in [0.29, 0.717) is 22.1 Å². The zero-order chi connectivity index (χ0) is 18.4. The van der Waals surface area contributed by atoms with Gasteiger partial charge >= 0.3 is 6.18 Å². The summed E-state index contributed by atoms with van der Waals surface area (Å²) >= 11 is 1.26. The molecule has 132 valence electrons. The van der Waals surface area contributed by atoms with Crippen LogP contribution in [0.3, 0.4) is 0 Å². The highest BCUT2D eigenvalue weighted by Crippen LogP contribution is 2.37. The fourth-order valence-electron chi connectivity index (χ4n) is 2.91. The summed E-state index contributed by atoms with van der Waals surface area (Å²) < 4.78 is 39.8. The number of nitrogens with one attached hydrogen (secondary N) is 1. The van der Waals surface area contributed by atoms with E-state index in [9.17, 15) is 22.8 Å². The number of amides is 1. The topological polar surface area (TPSA) is 64.0 Å². The normalized spacial score (nSPS) is 17.2. The van der Waals surface area contributed by atoms with Crippen LogP contribution in [0.15, 0.2) is 34.2 Å². The lowest BCUT2D eigenvalue weighted by Crippen LogP contribution is -2.33. The molecule has 2 heterocycles. The Morgan fingerprint density at radius 1 is 1.24 bits per heavy atom. The first kappa shape index (κ1) is 17.5. The number of halogens is 3. The minimum atomic E-state index is -4.44. The van der Waals surface area contributed by atoms with Gasteiger partial charge in [0.05, 0.1) is 11.1 Å². The third-order valence-electron chi connectivity index (χ3n) is 4.12. The molecule has 1 N–H and O–H groups in total. The first-order valence-corrected chi connectivity index (χ1v) is 8.56. The highest BCUT2D eigenvalue weighted by molar-refractivity contribution is 7.98. The van der Waals surface area contributed by atoms with Gasteiger partial charge in [-0.3, -0.25) is 9.59 Å². The molecule has 1 atom stereocenters. The largest absolute Gasteiger partial charge is 0.416 e. The van der Waals surface area contributed by atoms with Crippen LogP contribution in [0, 0.1) is 0 Å². The van der Waals surface area contributed by atoms with Crippen molar-refractivity contribution in [3.8, 4) is 0 Å². The Labute approximate surface area is 145 Å². The SMILES string of the molecule is CSc1nc(=O)c2c(n1C)NC(=O)C[C@H]2c1ccc(C(F)(F)F)cc1. The van der Waals surface area contributed by atoms with Gasteiger partial charge in [0.15, 0.2) is 5.16 Å². The molecule has 1 amide bonds. The summed E-state index contributed by atoms with van der Waals surface area (Å²) in [7, 11) is 1.67. The van der Waals surface area contributed by atoms with Crippen LogP contribution in [-0.4, -0.2) is 21.7 Å². The molecule has 1 aromatic heterocycles. The van der Waals surface area contributed by atoms with Crippen molar-refractivity contribution < 1.29 is 18.0 Å². The van der Waals surface area contributed by atoms with Crippen LogP contribution in [0.2, 0.25) is 0 Å². The van der Waals surface area contributed by atoms with Crippen LogP contribution >= 0.6 is 11.8 Å². The smallest absolute Gasteiger partial charge is 0.312 e. The lowest BCUT2D eigenvalue weighted by Gasteiger charge is -2.27. The minimum absolute atomic E-state index is 0.0199. The maximum absolute atomic E-state index is 12.7. The molecule has 0 saturated heterocycles. The molecule has 3 rings (SSSR count). The van der Waals surface area contributed by atoms with Crippen molar-refractivity contribution in [1.82, 2.24) is 9.55 Å². The lowest BCUT2D eigenvalue weighted by molar-refractivity contribution is -0.137. The van der Waals surface area contributed by atoms with Crippen molar-refractivity contribution in [2.75, 3.05) is 11.6 Å². The molecule has 2 aromatic rings. The Morgan fingerprint density at radius 2 is 1.88 bits per heavy atom. The average molecular weight is 369 g/mol. The summed E-state index contributed by atoms with van der Waals surface area (Å²) in [6.07, 6.45) is -2.70. The second-order valence-electron chi connectivity index (χ2n) is 5.65. The van der Waals surface area contributed by atoms with Gasteiger partial charge in [0.2, 0.25) is 5.91 Å². The molecule has 1 aliphatic rings. The van der Waals surface area contributed by atoms with Crippen LogP contribution in [-0.2, 0) is 18.0 Å². The van der Waals surface area contributed by atoms with Crippen LogP contribution < -0.4 is 10.9 Å². The number of benzene rings is 1. The van der Waals surface area contributed by atoms with Gasteiger partial charge in [0, 0.05) is 19.4 Å². The number of carbonyl (C=O) groups is 1. The van der Waals surface area contributed by atoms with Gasteiger partial charge < -0.3 is 9.88 Å². The number of carbonyl (C=O) groups excluding carboxylic acids is 1. The molecule has 0 unspecified atom stereocenters. The molecule has 1 aromatic carbocycles. The van der Waals surface area contributed by atoms with Crippen molar-refractivity contribution in [2.45, 2.75) is 23.7 Å². The van der Waals surface area contributed by atoms with Gasteiger partial charge in [-0.25, -0.2) is 0 Å². The molecule has 1 aliphatic heterocycles. The molecule has 25 heavy (non-hydrogen) atoms. The van der Waals surface area contributed by atoms with E-state index in [4.69, 9.17) is 0 Å². The number of nitrogens with zero attached hydrogens (tertiary/aromatic N) is 2. The van der Waals surface area contributed by atoms with Crippen molar-refractivity contribution in [1.29, 1.82) is 0 Å². The second-order valence-corrected chi connectivity index (χ2v) is 6.42. The van der Waals surface area contributed by atoms with Gasteiger partial charge in [-0.1, -0.05) is 23.9 Å². The molecule has 9 heteroatoms. The van der Waals surface area contributed by atoms with Crippen molar-refractivity contribution >= 4 is 23.5 Å². The number of aromatic nitrogens is 2. The van der Waals surface area contributed by atoms with Gasteiger partial charge in [-0.05, 0) is 24.0 Å². The van der Waals surface area contributed by atoms with Crippen LogP contribution in [0.5, 0.6) is 0 Å². The predicted molar refractivity (Wildman–Crippen MR) is 87.8 cm³/mol. The molecular formula is C16H14F3N3O2S. The number of anilines is 1. The quantitative estimate of drug-likeness (QED) is 0.653. The standard InChI is InChI=1S/C16H14F3N3O2S/c1-22-13-12(14(24)21-15(22)25-2)10(7-11(23)20-13)8-3-5-9(6-4-8)16(17,18)19/h3-6,10H,7H2,1-2H3,(H,20,23)/t10-/m0/s1. The van der Waals surface area contributed by atoms with Crippen molar-refractivity contribution in [2.24, 2.45) is 7.05 Å². The molecule has 0 radical (unpaired) electrons. The van der Waals surface area contributed by atoms with E-state index in [-0.39, 0.29) is 12.3 Å². The predicted octanol–water partition coefficient (Wildman–Crippen LogP) is 3.00. The van der Waals surface area contributed by atoms with E-state index in [2.05, 4.69) is 10.3 Å². The molecule has 0 bridgehead atoms. The van der Waals surface area contributed by atoms with E-state index in [1.54, 1.807) is 17.9 Å². The van der Waals surface area contributed by atoms with Gasteiger partial charge in [-0.15, -0.1) is 0 Å². The molecular weight excluding hydrogens is 355 g/mol. The molecule has 5 nitrogen and oxygen atoms in total. The van der Waals surface area contributed by atoms with E-state index in [0.717, 1.165) is 12.1 Å². The number of thioether (sulfide) groups is 1. The first-order chi connectivity index (χ1) is 11.7. The second kappa shape index (κ2) is 6.21. The highest BCUT2D eigenvalue weighted by Gasteiger charge is 2.34. The number of hydrogen-bond donors (Lipinski definition) is 1.